The van der Waals surface area contributed by atoms with Gasteiger partial charge in [-0.25, -0.2) is 0 Å². The molecule has 0 bridgehead atoms. The van der Waals surface area contributed by atoms with E-state index in [1.165, 1.54) is 0 Å². The molecule has 0 fully saturated rings. The lowest BCUT2D eigenvalue weighted by Gasteiger charge is -2.21. The summed E-state index contributed by atoms with van der Waals surface area (Å²) >= 11 is 0. The molecule has 1 amide bonds. The number of carboxylic acids is 1. The zero-order valence-corrected chi connectivity index (χ0v) is 13.9. The highest BCUT2D eigenvalue weighted by atomic mass is 16.4. The van der Waals surface area contributed by atoms with Crippen molar-refractivity contribution in [2.45, 2.75) is 47.0 Å². The molecule has 4 heteroatoms. The van der Waals surface area contributed by atoms with Gasteiger partial charge in [0.25, 0.3) is 0 Å². The van der Waals surface area contributed by atoms with Gasteiger partial charge in [0.15, 0.2) is 0 Å². The summed E-state index contributed by atoms with van der Waals surface area (Å²) in [6, 6.07) is 7.57. The van der Waals surface area contributed by atoms with E-state index < -0.39 is 11.9 Å². The van der Waals surface area contributed by atoms with Gasteiger partial charge in [-0.15, -0.1) is 0 Å². The number of rotatable bonds is 8. The highest BCUT2D eigenvalue weighted by molar-refractivity contribution is 5.91. The van der Waals surface area contributed by atoms with Gasteiger partial charge in [-0.3, -0.25) is 9.59 Å². The molecule has 4 nitrogen and oxygen atoms in total. The number of para-hydroxylation sites is 1. The molecule has 0 aliphatic carbocycles. The predicted octanol–water partition coefficient (Wildman–Crippen LogP) is 4.10. The largest absolute Gasteiger partial charge is 0.481 e. The lowest BCUT2D eigenvalue weighted by atomic mass is 9.85. The fraction of sp³-hybridized carbons (Fsp3) is 0.556. The first-order valence-corrected chi connectivity index (χ1v) is 7.89. The molecule has 122 valence electrons. The SMILES string of the molecule is Cc1ccccc1NC(=O)C[C@H](C)[C@H](CCC(C)C)C(=O)O. The Labute approximate surface area is 132 Å². The molecular formula is C18H27NO3. The van der Waals surface area contributed by atoms with Crippen LogP contribution in [0, 0.1) is 24.7 Å². The van der Waals surface area contributed by atoms with Crippen LogP contribution < -0.4 is 5.32 Å². The van der Waals surface area contributed by atoms with E-state index in [4.69, 9.17) is 0 Å². The molecule has 1 rings (SSSR count). The summed E-state index contributed by atoms with van der Waals surface area (Å²) in [5.74, 6) is -1.12. The van der Waals surface area contributed by atoms with E-state index in [0.29, 0.717) is 12.3 Å². The molecule has 0 saturated heterocycles. The van der Waals surface area contributed by atoms with E-state index in [1.54, 1.807) is 0 Å². The third kappa shape index (κ3) is 5.88. The minimum atomic E-state index is -0.808. The van der Waals surface area contributed by atoms with Crippen molar-refractivity contribution in [2.75, 3.05) is 5.32 Å². The minimum Gasteiger partial charge on any atom is -0.481 e. The maximum atomic E-state index is 12.1. The molecular weight excluding hydrogens is 278 g/mol. The summed E-state index contributed by atoms with van der Waals surface area (Å²) in [6.45, 7) is 7.93. The highest BCUT2D eigenvalue weighted by Crippen LogP contribution is 2.24. The molecule has 2 atom stereocenters. The Kier molecular flexibility index (Phi) is 7.09. The van der Waals surface area contributed by atoms with Crippen molar-refractivity contribution in [3.05, 3.63) is 29.8 Å². The third-order valence-electron chi connectivity index (χ3n) is 3.99. The van der Waals surface area contributed by atoms with Crippen molar-refractivity contribution < 1.29 is 14.7 Å². The second kappa shape index (κ2) is 8.57. The Morgan fingerprint density at radius 2 is 1.77 bits per heavy atom. The van der Waals surface area contributed by atoms with Gasteiger partial charge < -0.3 is 10.4 Å². The average Bonchev–Trinajstić information content (AvgIpc) is 2.40. The third-order valence-corrected chi connectivity index (χ3v) is 3.99. The Hall–Kier alpha value is -1.84. The van der Waals surface area contributed by atoms with Crippen molar-refractivity contribution in [3.63, 3.8) is 0 Å². The van der Waals surface area contributed by atoms with Crippen LogP contribution in [-0.2, 0) is 9.59 Å². The lowest BCUT2D eigenvalue weighted by molar-refractivity contribution is -0.144. The summed E-state index contributed by atoms with van der Waals surface area (Å²) in [4.78, 5) is 23.6. The van der Waals surface area contributed by atoms with Crippen molar-refractivity contribution in [2.24, 2.45) is 17.8 Å². The van der Waals surface area contributed by atoms with E-state index >= 15 is 0 Å². The van der Waals surface area contributed by atoms with Crippen molar-refractivity contribution in [1.82, 2.24) is 0 Å². The predicted molar refractivity (Wildman–Crippen MR) is 88.8 cm³/mol. The van der Waals surface area contributed by atoms with Gasteiger partial charge in [-0.05, 0) is 36.8 Å². The summed E-state index contributed by atoms with van der Waals surface area (Å²) in [6.07, 6.45) is 1.70. The first-order chi connectivity index (χ1) is 10.3. The normalized spacial score (nSPS) is 13.7. The maximum Gasteiger partial charge on any atom is 0.306 e. The number of aryl methyl sites for hydroxylation is 1. The van der Waals surface area contributed by atoms with Crippen LogP contribution in [0.3, 0.4) is 0 Å². The fourth-order valence-corrected chi connectivity index (χ4v) is 2.51. The van der Waals surface area contributed by atoms with Gasteiger partial charge in [0.05, 0.1) is 5.92 Å². The van der Waals surface area contributed by atoms with Crippen molar-refractivity contribution in [3.8, 4) is 0 Å². The topological polar surface area (TPSA) is 66.4 Å². The Bertz CT molecular complexity index is 511. The molecule has 1 aromatic rings. The first-order valence-electron chi connectivity index (χ1n) is 7.89. The minimum absolute atomic E-state index is 0.127. The number of nitrogens with one attached hydrogen (secondary N) is 1. The number of hydrogen-bond acceptors (Lipinski definition) is 2. The number of aliphatic carboxylic acids is 1. The molecule has 0 aromatic heterocycles. The van der Waals surface area contributed by atoms with Gasteiger partial charge in [-0.2, -0.15) is 0 Å². The standard InChI is InChI=1S/C18H27NO3/c1-12(2)9-10-15(18(21)22)14(4)11-17(20)19-16-8-6-5-7-13(16)3/h5-8,12,14-15H,9-11H2,1-4H3,(H,19,20)(H,21,22)/t14-,15-/m0/s1. The summed E-state index contributed by atoms with van der Waals surface area (Å²) in [5, 5.41) is 12.2. The van der Waals surface area contributed by atoms with Crippen LogP contribution in [0.5, 0.6) is 0 Å². The zero-order valence-electron chi connectivity index (χ0n) is 13.9. The van der Waals surface area contributed by atoms with Crippen LogP contribution in [0.1, 0.15) is 45.6 Å². The first kappa shape index (κ1) is 18.2. The zero-order chi connectivity index (χ0) is 16.7. The van der Waals surface area contributed by atoms with Crippen LogP contribution >= 0.6 is 0 Å². The second-order valence-electron chi connectivity index (χ2n) is 6.46. The number of benzene rings is 1. The van der Waals surface area contributed by atoms with E-state index in [2.05, 4.69) is 19.2 Å². The van der Waals surface area contributed by atoms with Gasteiger partial charge in [0.2, 0.25) is 5.91 Å². The van der Waals surface area contributed by atoms with Crippen LogP contribution in [0.25, 0.3) is 0 Å². The van der Waals surface area contributed by atoms with Gasteiger partial charge >= 0.3 is 5.97 Å². The maximum absolute atomic E-state index is 12.1. The Balaban J connectivity index is 2.61. The van der Waals surface area contributed by atoms with E-state index in [-0.39, 0.29) is 18.2 Å². The molecule has 0 heterocycles. The van der Waals surface area contributed by atoms with Gasteiger partial charge in [0.1, 0.15) is 0 Å². The number of carbonyl (C=O) groups excluding carboxylic acids is 1. The van der Waals surface area contributed by atoms with Crippen LogP contribution in [0.2, 0.25) is 0 Å². The van der Waals surface area contributed by atoms with Gasteiger partial charge in [0, 0.05) is 12.1 Å². The monoisotopic (exact) mass is 305 g/mol. The number of carbonyl (C=O) groups is 2. The van der Waals surface area contributed by atoms with E-state index in [9.17, 15) is 14.7 Å². The molecule has 0 unspecified atom stereocenters. The molecule has 0 aliphatic heterocycles. The van der Waals surface area contributed by atoms with E-state index in [0.717, 1.165) is 17.7 Å². The number of carboxylic acid groups (broad SMARTS) is 1. The number of amides is 1. The molecule has 2 N–H and O–H groups in total. The molecule has 0 saturated carbocycles. The lowest BCUT2D eigenvalue weighted by Crippen LogP contribution is -2.26. The Morgan fingerprint density at radius 3 is 2.32 bits per heavy atom. The molecule has 0 radical (unpaired) electrons. The smallest absolute Gasteiger partial charge is 0.306 e. The molecule has 22 heavy (non-hydrogen) atoms. The molecule has 1 aromatic carbocycles. The van der Waals surface area contributed by atoms with Crippen LogP contribution in [0.4, 0.5) is 5.69 Å². The van der Waals surface area contributed by atoms with Crippen molar-refractivity contribution >= 4 is 17.6 Å². The summed E-state index contributed by atoms with van der Waals surface area (Å²) in [5.41, 5.74) is 1.78. The number of hydrogen-bond donors (Lipinski definition) is 2. The molecule has 0 aliphatic rings. The second-order valence-corrected chi connectivity index (χ2v) is 6.46. The molecule has 0 spiro atoms. The quantitative estimate of drug-likeness (QED) is 0.760. The summed E-state index contributed by atoms with van der Waals surface area (Å²) < 4.78 is 0. The number of anilines is 1. The van der Waals surface area contributed by atoms with Crippen LogP contribution in [0.15, 0.2) is 24.3 Å². The summed E-state index contributed by atoms with van der Waals surface area (Å²) in [7, 11) is 0. The Morgan fingerprint density at radius 1 is 1.14 bits per heavy atom. The fourth-order valence-electron chi connectivity index (χ4n) is 2.51. The van der Waals surface area contributed by atoms with Crippen LogP contribution in [-0.4, -0.2) is 17.0 Å². The average molecular weight is 305 g/mol. The highest BCUT2D eigenvalue weighted by Gasteiger charge is 2.26. The van der Waals surface area contributed by atoms with Gasteiger partial charge in [-0.1, -0.05) is 45.4 Å². The van der Waals surface area contributed by atoms with Crippen molar-refractivity contribution in [1.29, 1.82) is 0 Å². The van der Waals surface area contributed by atoms with E-state index in [1.807, 2.05) is 38.1 Å².